The fourth-order valence-corrected chi connectivity index (χ4v) is 2.51. The number of carbonyl (C=O) groups is 3. The number of aliphatic carboxylic acids is 1. The molecule has 0 aromatic carbocycles. The summed E-state index contributed by atoms with van der Waals surface area (Å²) in [7, 11) is 0. The highest BCUT2D eigenvalue weighted by molar-refractivity contribution is 5.86. The summed E-state index contributed by atoms with van der Waals surface area (Å²) in [6, 6.07) is -0.961. The molecule has 0 spiro atoms. The van der Waals surface area contributed by atoms with E-state index in [1.165, 1.54) is 11.0 Å². The molecule has 7 nitrogen and oxygen atoms in total. The number of ether oxygens (including phenoxy) is 1. The Labute approximate surface area is 143 Å². The van der Waals surface area contributed by atoms with Crippen LogP contribution in [0.25, 0.3) is 0 Å². The number of carbonyl (C=O) groups excluding carboxylic acids is 2. The van der Waals surface area contributed by atoms with Crippen LogP contribution in [0.5, 0.6) is 0 Å². The molecular formula is C17H28N2O5. The van der Waals surface area contributed by atoms with E-state index in [1.54, 1.807) is 20.8 Å². The highest BCUT2D eigenvalue weighted by Gasteiger charge is 2.35. The predicted octanol–water partition coefficient (Wildman–Crippen LogP) is 2.31. The molecule has 0 bridgehead atoms. The number of rotatable bonds is 5. The zero-order valence-electron chi connectivity index (χ0n) is 14.9. The van der Waals surface area contributed by atoms with Crippen LogP contribution in [-0.4, -0.2) is 52.2 Å². The molecule has 0 aromatic heterocycles. The summed E-state index contributed by atoms with van der Waals surface area (Å²) in [5.41, 5.74) is -0.619. The van der Waals surface area contributed by atoms with E-state index >= 15 is 0 Å². The van der Waals surface area contributed by atoms with E-state index in [0.717, 1.165) is 18.9 Å². The summed E-state index contributed by atoms with van der Waals surface area (Å²) < 4.78 is 5.38. The number of nitrogens with one attached hydrogen (secondary N) is 1. The quantitative estimate of drug-likeness (QED) is 0.749. The van der Waals surface area contributed by atoms with Crippen LogP contribution in [0.2, 0.25) is 0 Å². The largest absolute Gasteiger partial charge is 0.478 e. The summed E-state index contributed by atoms with van der Waals surface area (Å²) in [6.45, 7) is 7.69. The van der Waals surface area contributed by atoms with Crippen LogP contribution in [0.15, 0.2) is 12.2 Å². The van der Waals surface area contributed by atoms with Crippen LogP contribution in [0.1, 0.15) is 53.4 Å². The van der Waals surface area contributed by atoms with Gasteiger partial charge >= 0.3 is 12.1 Å². The van der Waals surface area contributed by atoms with Gasteiger partial charge in [0.15, 0.2) is 0 Å². The number of nitrogens with zero attached hydrogens (tertiary/aromatic N) is 1. The van der Waals surface area contributed by atoms with E-state index in [1.807, 2.05) is 6.92 Å². The Morgan fingerprint density at radius 1 is 1.33 bits per heavy atom. The maximum Gasteiger partial charge on any atom is 0.410 e. The maximum atomic E-state index is 12.6. The highest BCUT2D eigenvalue weighted by Crippen LogP contribution is 2.21. The molecule has 2 N–H and O–H groups in total. The molecule has 0 unspecified atom stereocenters. The van der Waals surface area contributed by atoms with E-state index in [2.05, 4.69) is 5.32 Å². The van der Waals surface area contributed by atoms with Gasteiger partial charge in [0.25, 0.3) is 0 Å². The SMILES string of the molecule is CC[C@@H](C=CC(=O)O)NC(=O)[C@@H]1CCCCN1C(=O)OC(C)(C)C. The summed E-state index contributed by atoms with van der Waals surface area (Å²) >= 11 is 0. The molecule has 2 amide bonds. The van der Waals surface area contributed by atoms with Gasteiger partial charge in [-0.15, -0.1) is 0 Å². The molecule has 0 aromatic rings. The normalized spacial score (nSPS) is 19.8. The zero-order chi connectivity index (χ0) is 18.3. The Morgan fingerprint density at radius 3 is 2.54 bits per heavy atom. The molecule has 24 heavy (non-hydrogen) atoms. The van der Waals surface area contributed by atoms with Crippen molar-refractivity contribution in [3.05, 3.63) is 12.2 Å². The first-order valence-corrected chi connectivity index (χ1v) is 8.35. The van der Waals surface area contributed by atoms with Crippen molar-refractivity contribution in [2.45, 2.75) is 71.1 Å². The van der Waals surface area contributed by atoms with Gasteiger partial charge in [-0.3, -0.25) is 9.69 Å². The average Bonchev–Trinajstić information content (AvgIpc) is 2.49. The minimum Gasteiger partial charge on any atom is -0.478 e. The molecule has 0 aliphatic carbocycles. The average molecular weight is 340 g/mol. The number of carboxylic acid groups (broad SMARTS) is 1. The van der Waals surface area contributed by atoms with Gasteiger partial charge in [-0.2, -0.15) is 0 Å². The third-order valence-electron chi connectivity index (χ3n) is 3.67. The molecular weight excluding hydrogens is 312 g/mol. The van der Waals surface area contributed by atoms with Crippen molar-refractivity contribution in [2.24, 2.45) is 0 Å². The third kappa shape index (κ3) is 6.60. The highest BCUT2D eigenvalue weighted by atomic mass is 16.6. The Morgan fingerprint density at radius 2 is 2.00 bits per heavy atom. The van der Waals surface area contributed by atoms with Crippen LogP contribution >= 0.6 is 0 Å². The predicted molar refractivity (Wildman–Crippen MR) is 89.6 cm³/mol. The summed E-state index contributed by atoms with van der Waals surface area (Å²) in [4.78, 5) is 37.0. The van der Waals surface area contributed by atoms with Crippen molar-refractivity contribution in [1.29, 1.82) is 0 Å². The summed E-state index contributed by atoms with van der Waals surface area (Å²) in [6.07, 6.45) is 4.80. The van der Waals surface area contributed by atoms with Crippen molar-refractivity contribution < 1.29 is 24.2 Å². The van der Waals surface area contributed by atoms with Crippen molar-refractivity contribution in [2.75, 3.05) is 6.54 Å². The monoisotopic (exact) mass is 340 g/mol. The van der Waals surface area contributed by atoms with Crippen molar-refractivity contribution in [3.63, 3.8) is 0 Å². The lowest BCUT2D eigenvalue weighted by Gasteiger charge is -2.36. The van der Waals surface area contributed by atoms with E-state index in [0.29, 0.717) is 19.4 Å². The van der Waals surface area contributed by atoms with Crippen LogP contribution in [0, 0.1) is 0 Å². The first-order valence-electron chi connectivity index (χ1n) is 8.35. The molecule has 1 aliphatic heterocycles. The number of amides is 2. The molecule has 7 heteroatoms. The first kappa shape index (κ1) is 20.0. The van der Waals surface area contributed by atoms with Gasteiger partial charge in [0.05, 0.1) is 0 Å². The van der Waals surface area contributed by atoms with E-state index in [4.69, 9.17) is 9.84 Å². The van der Waals surface area contributed by atoms with Gasteiger partial charge < -0.3 is 15.2 Å². The maximum absolute atomic E-state index is 12.6. The van der Waals surface area contributed by atoms with Gasteiger partial charge in [-0.1, -0.05) is 13.0 Å². The molecule has 0 radical (unpaired) electrons. The van der Waals surface area contributed by atoms with Crippen molar-refractivity contribution >= 4 is 18.0 Å². The Hall–Kier alpha value is -2.05. The van der Waals surface area contributed by atoms with Gasteiger partial charge in [0.2, 0.25) is 5.91 Å². The van der Waals surface area contributed by atoms with Crippen LogP contribution in [0.4, 0.5) is 4.79 Å². The lowest BCUT2D eigenvalue weighted by molar-refractivity contribution is -0.131. The smallest absolute Gasteiger partial charge is 0.410 e. The topological polar surface area (TPSA) is 95.9 Å². The molecule has 0 saturated carbocycles. The van der Waals surface area contributed by atoms with Crippen molar-refractivity contribution in [3.8, 4) is 0 Å². The fourth-order valence-electron chi connectivity index (χ4n) is 2.51. The number of likely N-dealkylation sites (tertiary alicyclic amines) is 1. The lowest BCUT2D eigenvalue weighted by atomic mass is 10.0. The second-order valence-electron chi connectivity index (χ2n) is 6.91. The molecule has 1 heterocycles. The number of piperidine rings is 1. The summed E-state index contributed by atoms with van der Waals surface area (Å²) in [5.74, 6) is -1.34. The standard InChI is InChI=1S/C17H28N2O5/c1-5-12(9-10-14(20)21)18-15(22)13-8-6-7-11-19(13)16(23)24-17(2,3)4/h9-10,12-13H,5-8,11H2,1-4H3,(H,18,22)(H,20,21)/t12-,13-/m0/s1. The Balaban J connectivity index is 2.77. The van der Waals surface area contributed by atoms with Gasteiger partial charge in [0, 0.05) is 18.7 Å². The van der Waals surface area contributed by atoms with Crippen LogP contribution in [0.3, 0.4) is 0 Å². The first-order chi connectivity index (χ1) is 11.1. The second-order valence-corrected chi connectivity index (χ2v) is 6.91. The van der Waals surface area contributed by atoms with Crippen LogP contribution < -0.4 is 5.32 Å². The van der Waals surface area contributed by atoms with Gasteiger partial charge in [0.1, 0.15) is 11.6 Å². The van der Waals surface area contributed by atoms with E-state index < -0.39 is 23.7 Å². The lowest BCUT2D eigenvalue weighted by Crippen LogP contribution is -2.54. The molecule has 2 atom stereocenters. The molecule has 1 aliphatic rings. The van der Waals surface area contributed by atoms with E-state index in [9.17, 15) is 14.4 Å². The van der Waals surface area contributed by atoms with Gasteiger partial charge in [-0.05, 0) is 46.5 Å². The molecule has 1 rings (SSSR count). The molecule has 1 saturated heterocycles. The fraction of sp³-hybridized carbons (Fsp3) is 0.706. The minimum atomic E-state index is -1.06. The number of hydrogen-bond acceptors (Lipinski definition) is 4. The number of carboxylic acids is 1. The zero-order valence-corrected chi connectivity index (χ0v) is 14.9. The van der Waals surface area contributed by atoms with E-state index in [-0.39, 0.29) is 11.9 Å². The minimum absolute atomic E-state index is 0.276. The Bertz CT molecular complexity index is 496. The molecule has 1 fully saturated rings. The van der Waals surface area contributed by atoms with Crippen molar-refractivity contribution in [1.82, 2.24) is 10.2 Å². The number of hydrogen-bond donors (Lipinski definition) is 2. The van der Waals surface area contributed by atoms with Gasteiger partial charge in [-0.25, -0.2) is 9.59 Å². The molecule has 136 valence electrons. The van der Waals surface area contributed by atoms with Crippen LogP contribution in [-0.2, 0) is 14.3 Å². The summed E-state index contributed by atoms with van der Waals surface area (Å²) in [5, 5.41) is 11.5. The second kappa shape index (κ2) is 8.70. The third-order valence-corrected chi connectivity index (χ3v) is 3.67. The Kier molecular flexibility index (Phi) is 7.25.